The van der Waals surface area contributed by atoms with Gasteiger partial charge >= 0.3 is 5.97 Å². The second-order valence-electron chi connectivity index (χ2n) is 3.56. The fourth-order valence-electron chi connectivity index (χ4n) is 1.68. The van der Waals surface area contributed by atoms with Gasteiger partial charge in [-0.15, -0.1) is 0 Å². The minimum Gasteiger partial charge on any atom is -0.481 e. The number of carboxylic acids is 1. The molecule has 1 atom stereocenters. The molecular weight excluding hydrogens is 206 g/mol. The molecule has 1 unspecified atom stereocenters. The molecule has 0 radical (unpaired) electrons. The zero-order valence-electron chi connectivity index (χ0n) is 8.50. The third-order valence-corrected chi connectivity index (χ3v) is 2.43. The van der Waals surface area contributed by atoms with E-state index in [9.17, 15) is 9.90 Å². The number of rotatable bonds is 3. The highest BCUT2D eigenvalue weighted by Gasteiger charge is 2.14. The Hall–Kier alpha value is -1.94. The molecule has 1 heterocycles. The highest BCUT2D eigenvalue weighted by atomic mass is 16.4. The molecular formula is C12H11NO3. The molecule has 0 bridgehead atoms. The van der Waals surface area contributed by atoms with Crippen molar-refractivity contribution in [2.24, 2.45) is 0 Å². The molecule has 82 valence electrons. The molecule has 0 aliphatic rings. The Balaban J connectivity index is 2.47. The molecule has 0 saturated heterocycles. The summed E-state index contributed by atoms with van der Waals surface area (Å²) in [4.78, 5) is 14.5. The highest BCUT2D eigenvalue weighted by Crippen LogP contribution is 2.24. The molecule has 16 heavy (non-hydrogen) atoms. The SMILES string of the molecule is O=C(O)CC(O)c1cncc2ccccc12. The summed E-state index contributed by atoms with van der Waals surface area (Å²) < 4.78 is 0. The van der Waals surface area contributed by atoms with Crippen LogP contribution in [0.25, 0.3) is 10.8 Å². The Morgan fingerprint density at radius 3 is 2.81 bits per heavy atom. The lowest BCUT2D eigenvalue weighted by Crippen LogP contribution is -2.06. The van der Waals surface area contributed by atoms with Crippen molar-refractivity contribution in [1.29, 1.82) is 0 Å². The largest absolute Gasteiger partial charge is 0.481 e. The van der Waals surface area contributed by atoms with Crippen LogP contribution < -0.4 is 0 Å². The van der Waals surface area contributed by atoms with Crippen molar-refractivity contribution in [3.05, 3.63) is 42.2 Å². The number of fused-ring (bicyclic) bond motifs is 1. The lowest BCUT2D eigenvalue weighted by atomic mass is 10.0. The number of hydrogen-bond acceptors (Lipinski definition) is 3. The van der Waals surface area contributed by atoms with Crippen molar-refractivity contribution in [2.75, 3.05) is 0 Å². The van der Waals surface area contributed by atoms with Crippen molar-refractivity contribution in [3.8, 4) is 0 Å². The first-order chi connectivity index (χ1) is 7.68. The van der Waals surface area contributed by atoms with Crippen molar-refractivity contribution in [2.45, 2.75) is 12.5 Å². The van der Waals surface area contributed by atoms with E-state index in [4.69, 9.17) is 5.11 Å². The normalized spacial score (nSPS) is 12.6. The molecule has 4 nitrogen and oxygen atoms in total. The average Bonchev–Trinajstić information content (AvgIpc) is 2.27. The standard InChI is InChI=1S/C12H11NO3/c14-11(5-12(15)16)10-7-13-6-8-3-1-2-4-9(8)10/h1-4,6-7,11,14H,5H2,(H,15,16). The van der Waals surface area contributed by atoms with E-state index in [-0.39, 0.29) is 6.42 Å². The first kappa shape index (κ1) is 10.6. The molecule has 2 rings (SSSR count). The van der Waals surface area contributed by atoms with Gasteiger partial charge in [-0.3, -0.25) is 9.78 Å². The zero-order valence-corrected chi connectivity index (χ0v) is 8.50. The highest BCUT2D eigenvalue weighted by molar-refractivity contribution is 5.85. The number of benzene rings is 1. The summed E-state index contributed by atoms with van der Waals surface area (Å²) in [6, 6.07) is 7.44. The molecule has 0 aliphatic carbocycles. The lowest BCUT2D eigenvalue weighted by Gasteiger charge is -2.10. The quantitative estimate of drug-likeness (QED) is 0.821. The van der Waals surface area contributed by atoms with Gasteiger partial charge in [0.25, 0.3) is 0 Å². The van der Waals surface area contributed by atoms with Crippen LogP contribution in [-0.2, 0) is 4.79 Å². The lowest BCUT2D eigenvalue weighted by molar-refractivity contribution is -0.139. The Morgan fingerprint density at radius 1 is 1.31 bits per heavy atom. The van der Waals surface area contributed by atoms with E-state index < -0.39 is 12.1 Å². The predicted octanol–water partition coefficient (Wildman–Crippen LogP) is 1.74. The third kappa shape index (κ3) is 2.01. The number of nitrogens with zero attached hydrogens (tertiary/aromatic N) is 1. The van der Waals surface area contributed by atoms with Crippen LogP contribution in [0.15, 0.2) is 36.7 Å². The Bertz CT molecular complexity index is 519. The number of pyridine rings is 1. The Morgan fingerprint density at radius 2 is 2.06 bits per heavy atom. The van der Waals surface area contributed by atoms with Crippen LogP contribution in [0.5, 0.6) is 0 Å². The Labute approximate surface area is 92.2 Å². The fourth-order valence-corrected chi connectivity index (χ4v) is 1.68. The third-order valence-electron chi connectivity index (χ3n) is 2.43. The number of aliphatic hydroxyl groups is 1. The number of aliphatic carboxylic acids is 1. The summed E-state index contributed by atoms with van der Waals surface area (Å²) in [7, 11) is 0. The van der Waals surface area contributed by atoms with Crippen LogP contribution in [0.3, 0.4) is 0 Å². The van der Waals surface area contributed by atoms with Gasteiger partial charge in [0, 0.05) is 23.3 Å². The van der Waals surface area contributed by atoms with E-state index in [2.05, 4.69) is 4.98 Å². The van der Waals surface area contributed by atoms with E-state index in [1.807, 2.05) is 24.3 Å². The van der Waals surface area contributed by atoms with Gasteiger partial charge < -0.3 is 10.2 Å². The zero-order chi connectivity index (χ0) is 11.5. The Kier molecular flexibility index (Phi) is 2.83. The molecule has 4 heteroatoms. The van der Waals surface area contributed by atoms with Crippen LogP contribution in [0.4, 0.5) is 0 Å². The maximum absolute atomic E-state index is 10.5. The van der Waals surface area contributed by atoms with Crippen molar-refractivity contribution < 1.29 is 15.0 Å². The second-order valence-corrected chi connectivity index (χ2v) is 3.56. The summed E-state index contributed by atoms with van der Waals surface area (Å²) in [6.07, 6.45) is 1.87. The molecule has 1 aromatic heterocycles. The first-order valence-corrected chi connectivity index (χ1v) is 4.91. The van der Waals surface area contributed by atoms with Crippen LogP contribution in [0.2, 0.25) is 0 Å². The summed E-state index contributed by atoms with van der Waals surface area (Å²) in [6.45, 7) is 0. The van der Waals surface area contributed by atoms with Gasteiger partial charge in [0.15, 0.2) is 0 Å². The minimum absolute atomic E-state index is 0.310. The maximum Gasteiger partial charge on any atom is 0.306 e. The molecule has 0 saturated carbocycles. The van der Waals surface area contributed by atoms with E-state index in [1.54, 1.807) is 6.20 Å². The smallest absolute Gasteiger partial charge is 0.306 e. The van der Waals surface area contributed by atoms with Gasteiger partial charge in [0.2, 0.25) is 0 Å². The van der Waals surface area contributed by atoms with Gasteiger partial charge in [-0.25, -0.2) is 0 Å². The van der Waals surface area contributed by atoms with Gasteiger partial charge in [-0.2, -0.15) is 0 Å². The van der Waals surface area contributed by atoms with Gasteiger partial charge in [0.1, 0.15) is 0 Å². The molecule has 2 N–H and O–H groups in total. The number of hydrogen-bond donors (Lipinski definition) is 2. The van der Waals surface area contributed by atoms with E-state index in [0.29, 0.717) is 5.56 Å². The average molecular weight is 217 g/mol. The molecule has 1 aromatic carbocycles. The number of aromatic nitrogens is 1. The minimum atomic E-state index is -1.03. The van der Waals surface area contributed by atoms with Crippen molar-refractivity contribution >= 4 is 16.7 Å². The summed E-state index contributed by atoms with van der Waals surface area (Å²) in [5.74, 6) is -1.03. The van der Waals surface area contributed by atoms with E-state index >= 15 is 0 Å². The first-order valence-electron chi connectivity index (χ1n) is 4.91. The maximum atomic E-state index is 10.5. The number of carboxylic acid groups (broad SMARTS) is 1. The van der Waals surface area contributed by atoms with Crippen LogP contribution in [0, 0.1) is 0 Å². The topological polar surface area (TPSA) is 70.4 Å². The summed E-state index contributed by atoms with van der Waals surface area (Å²) in [5, 5.41) is 20.1. The van der Waals surface area contributed by atoms with Crippen LogP contribution in [0.1, 0.15) is 18.1 Å². The molecule has 0 fully saturated rings. The molecule has 0 amide bonds. The molecule has 2 aromatic rings. The van der Waals surface area contributed by atoms with Crippen LogP contribution >= 0.6 is 0 Å². The van der Waals surface area contributed by atoms with E-state index in [1.165, 1.54) is 6.20 Å². The monoisotopic (exact) mass is 217 g/mol. The van der Waals surface area contributed by atoms with Gasteiger partial charge in [-0.05, 0) is 5.39 Å². The molecule has 0 spiro atoms. The van der Waals surface area contributed by atoms with Crippen molar-refractivity contribution in [1.82, 2.24) is 4.98 Å². The second kappa shape index (κ2) is 4.28. The fraction of sp³-hybridized carbons (Fsp3) is 0.167. The summed E-state index contributed by atoms with van der Waals surface area (Å²) in [5.41, 5.74) is 0.556. The van der Waals surface area contributed by atoms with Crippen molar-refractivity contribution in [3.63, 3.8) is 0 Å². The number of aliphatic hydroxyl groups excluding tert-OH is 1. The predicted molar refractivity (Wildman–Crippen MR) is 59.0 cm³/mol. The van der Waals surface area contributed by atoms with Gasteiger partial charge in [0.05, 0.1) is 12.5 Å². The summed E-state index contributed by atoms with van der Waals surface area (Å²) >= 11 is 0. The van der Waals surface area contributed by atoms with Crippen LogP contribution in [-0.4, -0.2) is 21.2 Å². The van der Waals surface area contributed by atoms with Gasteiger partial charge in [-0.1, -0.05) is 24.3 Å². The van der Waals surface area contributed by atoms with E-state index in [0.717, 1.165) is 10.8 Å². The number of carbonyl (C=O) groups is 1. The molecule has 0 aliphatic heterocycles.